The topological polar surface area (TPSA) is 94.2 Å². The van der Waals surface area contributed by atoms with Crippen molar-refractivity contribution in [3.8, 4) is 17.2 Å². The number of nitrogens with one attached hydrogen (secondary N) is 1. The van der Waals surface area contributed by atoms with Crippen molar-refractivity contribution in [2.24, 2.45) is 0 Å². The number of hydrogen-bond acceptors (Lipinski definition) is 6. The van der Waals surface area contributed by atoms with Gasteiger partial charge in [0.25, 0.3) is 5.91 Å². The summed E-state index contributed by atoms with van der Waals surface area (Å²) in [5.74, 6) is 1.28. The van der Waals surface area contributed by atoms with Crippen LogP contribution in [-0.4, -0.2) is 40.5 Å². The normalized spacial score (nSPS) is 17.0. The van der Waals surface area contributed by atoms with Crippen LogP contribution in [0.15, 0.2) is 36.4 Å². The molecule has 142 valence electrons. The van der Waals surface area contributed by atoms with Crippen LogP contribution >= 0.6 is 0 Å². The number of methoxy groups -OCH3 is 1. The minimum Gasteiger partial charge on any atom is -0.495 e. The lowest BCUT2D eigenvalue weighted by molar-refractivity contribution is 0.102. The average Bonchev–Trinajstić information content (AvgIpc) is 3.26. The van der Waals surface area contributed by atoms with Gasteiger partial charge in [-0.2, -0.15) is 0 Å². The number of anilines is 2. The first-order valence-electron chi connectivity index (χ1n) is 8.37. The van der Waals surface area contributed by atoms with Crippen LogP contribution in [0.25, 0.3) is 0 Å². The second-order valence-electron chi connectivity index (χ2n) is 6.15. The van der Waals surface area contributed by atoms with Gasteiger partial charge in [-0.05, 0) is 42.8 Å². The van der Waals surface area contributed by atoms with Gasteiger partial charge < -0.3 is 19.5 Å². The second kappa shape index (κ2) is 6.66. The van der Waals surface area contributed by atoms with E-state index in [1.807, 2.05) is 0 Å². The first-order chi connectivity index (χ1) is 13.0. The number of benzene rings is 2. The Labute approximate surface area is 156 Å². The van der Waals surface area contributed by atoms with E-state index in [1.165, 1.54) is 11.4 Å². The molecule has 2 aromatic carbocycles. The molecule has 9 heteroatoms. The van der Waals surface area contributed by atoms with Crippen LogP contribution in [0.3, 0.4) is 0 Å². The van der Waals surface area contributed by atoms with Crippen LogP contribution in [0.4, 0.5) is 11.4 Å². The molecule has 1 N–H and O–H groups in total. The summed E-state index contributed by atoms with van der Waals surface area (Å²) in [5, 5.41) is 2.78. The van der Waals surface area contributed by atoms with Crippen molar-refractivity contribution in [2.45, 2.75) is 6.42 Å². The third kappa shape index (κ3) is 3.25. The minimum absolute atomic E-state index is 0.123. The van der Waals surface area contributed by atoms with Crippen LogP contribution in [0.5, 0.6) is 17.2 Å². The summed E-state index contributed by atoms with van der Waals surface area (Å²) in [4.78, 5) is 12.6. The Bertz CT molecular complexity index is 1000. The van der Waals surface area contributed by atoms with Crippen molar-refractivity contribution < 1.29 is 27.4 Å². The molecule has 1 fully saturated rings. The highest BCUT2D eigenvalue weighted by atomic mass is 32.2. The van der Waals surface area contributed by atoms with Crippen molar-refractivity contribution in [3.05, 3.63) is 42.0 Å². The first kappa shape index (κ1) is 17.5. The zero-order chi connectivity index (χ0) is 19.0. The number of hydrogen-bond donors (Lipinski definition) is 1. The molecule has 0 saturated carbocycles. The Kier molecular flexibility index (Phi) is 4.31. The highest BCUT2D eigenvalue weighted by molar-refractivity contribution is 7.93. The molecule has 0 unspecified atom stereocenters. The Morgan fingerprint density at radius 2 is 1.96 bits per heavy atom. The molecule has 0 spiro atoms. The minimum atomic E-state index is -3.31. The Morgan fingerprint density at radius 3 is 2.70 bits per heavy atom. The van der Waals surface area contributed by atoms with Crippen LogP contribution in [0.2, 0.25) is 0 Å². The molecule has 2 aromatic rings. The standard InChI is InChI=1S/C18H18N2O6S/c1-24-15-6-4-13(20-7-2-8-27(20,22)23)10-14(15)19-18(21)12-3-5-16-17(9-12)26-11-25-16/h3-6,9-10H,2,7-8,11H2,1H3,(H,19,21). The number of carbonyl (C=O) groups is 1. The predicted molar refractivity (Wildman–Crippen MR) is 99.3 cm³/mol. The molecule has 0 aromatic heterocycles. The van der Waals surface area contributed by atoms with Crippen LogP contribution < -0.4 is 23.8 Å². The summed E-state index contributed by atoms with van der Waals surface area (Å²) in [5.41, 5.74) is 1.27. The van der Waals surface area contributed by atoms with E-state index in [2.05, 4.69) is 5.32 Å². The molecule has 0 atom stereocenters. The molecular formula is C18H18N2O6S. The van der Waals surface area contributed by atoms with Crippen molar-refractivity contribution in [1.29, 1.82) is 0 Å². The molecule has 0 aliphatic carbocycles. The smallest absolute Gasteiger partial charge is 0.255 e. The maximum atomic E-state index is 12.6. The SMILES string of the molecule is COc1ccc(N2CCCS2(=O)=O)cc1NC(=O)c1ccc2c(c1)OCO2. The largest absolute Gasteiger partial charge is 0.495 e. The second-order valence-corrected chi connectivity index (χ2v) is 8.16. The summed E-state index contributed by atoms with van der Waals surface area (Å²) in [6.45, 7) is 0.546. The fourth-order valence-electron chi connectivity index (χ4n) is 3.11. The van der Waals surface area contributed by atoms with E-state index in [-0.39, 0.29) is 18.5 Å². The van der Waals surface area contributed by atoms with Gasteiger partial charge in [0.1, 0.15) is 5.75 Å². The number of ether oxygens (including phenoxy) is 3. The van der Waals surface area contributed by atoms with Gasteiger partial charge in [-0.3, -0.25) is 9.10 Å². The zero-order valence-corrected chi connectivity index (χ0v) is 15.4. The van der Waals surface area contributed by atoms with E-state index < -0.39 is 10.0 Å². The van der Waals surface area contributed by atoms with E-state index in [1.54, 1.807) is 36.4 Å². The van der Waals surface area contributed by atoms with Crippen molar-refractivity contribution in [1.82, 2.24) is 0 Å². The quantitative estimate of drug-likeness (QED) is 0.860. The van der Waals surface area contributed by atoms with E-state index in [0.717, 1.165) is 0 Å². The van der Waals surface area contributed by atoms with Gasteiger partial charge in [-0.25, -0.2) is 8.42 Å². The Hall–Kier alpha value is -2.94. The molecule has 0 radical (unpaired) electrons. The number of amides is 1. The van der Waals surface area contributed by atoms with Gasteiger partial charge in [0, 0.05) is 12.1 Å². The number of fused-ring (bicyclic) bond motifs is 1. The van der Waals surface area contributed by atoms with Gasteiger partial charge in [0.15, 0.2) is 11.5 Å². The third-order valence-corrected chi connectivity index (χ3v) is 6.32. The van der Waals surface area contributed by atoms with Gasteiger partial charge in [-0.15, -0.1) is 0 Å². The van der Waals surface area contributed by atoms with Gasteiger partial charge in [0.2, 0.25) is 16.8 Å². The molecule has 2 aliphatic rings. The van der Waals surface area contributed by atoms with Crippen molar-refractivity contribution >= 4 is 27.3 Å². The summed E-state index contributed by atoms with van der Waals surface area (Å²) >= 11 is 0. The maximum Gasteiger partial charge on any atom is 0.255 e. The molecule has 2 aliphatic heterocycles. The molecule has 0 bridgehead atoms. The number of nitrogens with zero attached hydrogens (tertiary/aromatic N) is 1. The molecule has 1 saturated heterocycles. The highest BCUT2D eigenvalue weighted by Gasteiger charge is 2.29. The summed E-state index contributed by atoms with van der Waals surface area (Å²) in [7, 11) is -1.83. The lowest BCUT2D eigenvalue weighted by Gasteiger charge is -2.19. The molecule has 2 heterocycles. The zero-order valence-electron chi connectivity index (χ0n) is 14.6. The van der Waals surface area contributed by atoms with Gasteiger partial charge in [-0.1, -0.05) is 0 Å². The molecule has 27 heavy (non-hydrogen) atoms. The lowest BCUT2D eigenvalue weighted by Crippen LogP contribution is -2.25. The fourth-order valence-corrected chi connectivity index (χ4v) is 4.67. The Morgan fingerprint density at radius 1 is 1.15 bits per heavy atom. The number of sulfonamides is 1. The van der Waals surface area contributed by atoms with Crippen molar-refractivity contribution in [2.75, 3.05) is 35.8 Å². The molecule has 4 rings (SSSR count). The van der Waals surface area contributed by atoms with E-state index in [0.29, 0.717) is 47.2 Å². The molecule has 1 amide bonds. The first-order valence-corrected chi connectivity index (χ1v) is 9.98. The lowest BCUT2D eigenvalue weighted by atomic mass is 10.1. The third-order valence-electron chi connectivity index (χ3n) is 4.45. The molecule has 8 nitrogen and oxygen atoms in total. The monoisotopic (exact) mass is 390 g/mol. The van der Waals surface area contributed by atoms with Crippen molar-refractivity contribution in [3.63, 3.8) is 0 Å². The predicted octanol–water partition coefficient (Wildman–Crippen LogP) is 2.22. The maximum absolute atomic E-state index is 12.6. The fraction of sp³-hybridized carbons (Fsp3) is 0.278. The summed E-state index contributed by atoms with van der Waals surface area (Å²) in [6.07, 6.45) is 0.577. The summed E-state index contributed by atoms with van der Waals surface area (Å²) in [6, 6.07) is 9.80. The Balaban J connectivity index is 1.62. The molecular weight excluding hydrogens is 372 g/mol. The van der Waals surface area contributed by atoms with Gasteiger partial charge >= 0.3 is 0 Å². The van der Waals surface area contributed by atoms with Crippen LogP contribution in [0, 0.1) is 0 Å². The average molecular weight is 390 g/mol. The van der Waals surface area contributed by atoms with E-state index >= 15 is 0 Å². The number of carbonyl (C=O) groups excluding carboxylic acids is 1. The number of rotatable bonds is 4. The highest BCUT2D eigenvalue weighted by Crippen LogP contribution is 2.35. The van der Waals surface area contributed by atoms with Crippen LogP contribution in [-0.2, 0) is 10.0 Å². The van der Waals surface area contributed by atoms with E-state index in [9.17, 15) is 13.2 Å². The van der Waals surface area contributed by atoms with Gasteiger partial charge in [0.05, 0.1) is 24.2 Å². The summed E-state index contributed by atoms with van der Waals surface area (Å²) < 4.78 is 41.5. The van der Waals surface area contributed by atoms with E-state index in [4.69, 9.17) is 14.2 Å². The van der Waals surface area contributed by atoms with Crippen LogP contribution in [0.1, 0.15) is 16.8 Å².